The number of carboxylic acid groups (broad SMARTS) is 1. The monoisotopic (exact) mass is 596 g/mol. The number of hydrogen-bond donors (Lipinski definition) is 4. The average Bonchev–Trinajstić information content (AvgIpc) is 3.02. The van der Waals surface area contributed by atoms with Crippen LogP contribution in [-0.2, 0) is 14.4 Å². The minimum atomic E-state index is -1.03. The van der Waals surface area contributed by atoms with Gasteiger partial charge in [-0.2, -0.15) is 0 Å². The third-order valence-corrected chi connectivity index (χ3v) is 7.47. The van der Waals surface area contributed by atoms with Crippen molar-refractivity contribution in [3.63, 3.8) is 0 Å². The summed E-state index contributed by atoms with van der Waals surface area (Å²) in [6.07, 6.45) is 3.03. The van der Waals surface area contributed by atoms with Gasteiger partial charge >= 0.3 is 5.97 Å². The van der Waals surface area contributed by atoms with Crippen molar-refractivity contribution in [2.24, 2.45) is 0 Å². The van der Waals surface area contributed by atoms with Crippen molar-refractivity contribution in [3.8, 4) is 16.9 Å². The van der Waals surface area contributed by atoms with E-state index in [4.69, 9.17) is 4.74 Å². The molecule has 0 aliphatic carbocycles. The van der Waals surface area contributed by atoms with Crippen LogP contribution in [0.1, 0.15) is 62.6 Å². The van der Waals surface area contributed by atoms with E-state index in [1.54, 1.807) is 25.4 Å². The van der Waals surface area contributed by atoms with Crippen LogP contribution in [-0.4, -0.2) is 48.1 Å². The number of carboxylic acids is 1. The molecule has 1 atom stereocenters. The normalized spacial score (nSPS) is 11.6. The maximum atomic E-state index is 12.7. The quantitative estimate of drug-likeness (QED) is 0.123. The lowest BCUT2D eigenvalue weighted by Gasteiger charge is -2.19. The Morgan fingerprint density at radius 1 is 0.909 bits per heavy atom. The van der Waals surface area contributed by atoms with Gasteiger partial charge in [-0.3, -0.25) is 14.4 Å². The number of ether oxygens (including phenoxy) is 1. The topological polar surface area (TPSA) is 130 Å². The minimum absolute atomic E-state index is 0.229. The molecule has 3 aromatic carbocycles. The van der Waals surface area contributed by atoms with Gasteiger partial charge in [-0.05, 0) is 57.9 Å². The molecule has 0 spiro atoms. The van der Waals surface area contributed by atoms with Crippen molar-refractivity contribution in [2.45, 2.75) is 51.5 Å². The number of anilines is 1. The van der Waals surface area contributed by atoms with Crippen LogP contribution >= 0.6 is 0 Å². The number of nitrogens with one attached hydrogen (secondary N) is 3. The molecule has 1 heterocycles. The molecule has 1 aromatic heterocycles. The molecule has 44 heavy (non-hydrogen) atoms. The van der Waals surface area contributed by atoms with Crippen LogP contribution in [0.4, 0.5) is 5.82 Å². The van der Waals surface area contributed by atoms with E-state index in [1.165, 1.54) is 10.9 Å². The zero-order chi connectivity index (χ0) is 31.5. The first-order chi connectivity index (χ1) is 21.2. The Morgan fingerprint density at radius 2 is 1.66 bits per heavy atom. The number of rotatable bonds is 15. The fourth-order valence-electron chi connectivity index (χ4n) is 5.17. The first-order valence-corrected chi connectivity index (χ1v) is 14.9. The molecule has 9 nitrogen and oxygen atoms in total. The molecular formula is C35H40N4O5. The number of aromatic nitrogens is 1. The highest BCUT2D eigenvalue weighted by molar-refractivity contribution is 5.98. The fraction of sp³-hybridized carbons (Fsp3) is 0.314. The van der Waals surface area contributed by atoms with Crippen molar-refractivity contribution in [1.29, 1.82) is 0 Å². The van der Waals surface area contributed by atoms with Crippen LogP contribution < -0.4 is 20.7 Å². The maximum absolute atomic E-state index is 12.7. The van der Waals surface area contributed by atoms with E-state index in [2.05, 4.69) is 59.0 Å². The van der Waals surface area contributed by atoms with Gasteiger partial charge < -0.3 is 25.8 Å². The Hall–Kier alpha value is -4.92. The van der Waals surface area contributed by atoms with Crippen molar-refractivity contribution < 1.29 is 24.2 Å². The van der Waals surface area contributed by atoms with Gasteiger partial charge in [-0.25, -0.2) is 4.98 Å². The molecule has 0 saturated heterocycles. The number of benzene rings is 3. The van der Waals surface area contributed by atoms with E-state index >= 15 is 0 Å². The standard InChI is InChI=1S/C35H40N4O5/c1-23(2)27-15-16-28(30-9-5-4-8-29(27)30)24-11-13-25(14-12-24)31(21-35(42)43)39-34(41)22-38-33(40)10-6-7-18-36-32-20-26(44-3)17-19-37-32/h4-5,8-9,11-17,19-20,23,31H,6-7,10,18,21-22H2,1-3H3,(H,36,37)(H,38,40)(H,39,41)(H,42,43). The van der Waals surface area contributed by atoms with Crippen LogP contribution in [0.5, 0.6) is 5.75 Å². The molecule has 0 radical (unpaired) electrons. The van der Waals surface area contributed by atoms with Crippen LogP contribution in [0, 0.1) is 0 Å². The van der Waals surface area contributed by atoms with E-state index in [0.717, 1.165) is 22.9 Å². The van der Waals surface area contributed by atoms with Gasteiger partial charge in [-0.15, -0.1) is 0 Å². The largest absolute Gasteiger partial charge is 0.497 e. The lowest BCUT2D eigenvalue weighted by Crippen LogP contribution is -2.39. The van der Waals surface area contributed by atoms with E-state index < -0.39 is 17.9 Å². The first kappa shape index (κ1) is 32.0. The maximum Gasteiger partial charge on any atom is 0.305 e. The smallest absolute Gasteiger partial charge is 0.305 e. The highest BCUT2D eigenvalue weighted by Gasteiger charge is 2.19. The number of carbonyl (C=O) groups is 3. The first-order valence-electron chi connectivity index (χ1n) is 14.9. The zero-order valence-electron chi connectivity index (χ0n) is 25.4. The second-order valence-corrected chi connectivity index (χ2v) is 11.0. The molecule has 0 aliphatic rings. The number of carbonyl (C=O) groups excluding carboxylic acids is 2. The van der Waals surface area contributed by atoms with Crippen LogP contribution in [0.3, 0.4) is 0 Å². The zero-order valence-corrected chi connectivity index (χ0v) is 25.4. The predicted molar refractivity (Wildman–Crippen MR) is 173 cm³/mol. The molecule has 4 aromatic rings. The molecule has 0 aliphatic heterocycles. The molecular weight excluding hydrogens is 556 g/mol. The predicted octanol–water partition coefficient (Wildman–Crippen LogP) is 6.06. The average molecular weight is 597 g/mol. The van der Waals surface area contributed by atoms with Gasteiger partial charge in [0.1, 0.15) is 11.6 Å². The minimum Gasteiger partial charge on any atom is -0.497 e. The van der Waals surface area contributed by atoms with Gasteiger partial charge in [0, 0.05) is 25.2 Å². The number of methoxy groups -OCH3 is 1. The number of hydrogen-bond acceptors (Lipinski definition) is 6. The summed E-state index contributed by atoms with van der Waals surface area (Å²) in [4.78, 5) is 40.8. The van der Waals surface area contributed by atoms with Crippen LogP contribution in [0.25, 0.3) is 21.9 Å². The van der Waals surface area contributed by atoms with Crippen molar-refractivity contribution >= 4 is 34.4 Å². The lowest BCUT2D eigenvalue weighted by atomic mass is 9.90. The number of fused-ring (bicyclic) bond motifs is 1. The summed E-state index contributed by atoms with van der Waals surface area (Å²) in [5.74, 6) is 0.0845. The highest BCUT2D eigenvalue weighted by atomic mass is 16.5. The van der Waals surface area contributed by atoms with Gasteiger partial charge in [-0.1, -0.05) is 74.5 Å². The van der Waals surface area contributed by atoms with Crippen LogP contribution in [0.15, 0.2) is 79.0 Å². The Bertz CT molecular complexity index is 1590. The number of nitrogens with zero attached hydrogens (tertiary/aromatic N) is 1. The molecule has 230 valence electrons. The molecule has 0 bridgehead atoms. The van der Waals surface area contributed by atoms with Gasteiger partial charge in [0.15, 0.2) is 0 Å². The summed E-state index contributed by atoms with van der Waals surface area (Å²) in [5.41, 5.74) is 4.06. The lowest BCUT2D eigenvalue weighted by molar-refractivity contribution is -0.138. The van der Waals surface area contributed by atoms with E-state index in [9.17, 15) is 19.5 Å². The number of aliphatic carboxylic acids is 1. The fourth-order valence-corrected chi connectivity index (χ4v) is 5.17. The molecule has 1 unspecified atom stereocenters. The van der Waals surface area contributed by atoms with Gasteiger partial charge in [0.2, 0.25) is 11.8 Å². The van der Waals surface area contributed by atoms with Crippen molar-refractivity contribution in [2.75, 3.05) is 25.5 Å². The molecule has 9 heteroatoms. The number of pyridine rings is 1. The Balaban J connectivity index is 1.29. The highest BCUT2D eigenvalue weighted by Crippen LogP contribution is 2.34. The third kappa shape index (κ3) is 8.80. The summed E-state index contributed by atoms with van der Waals surface area (Å²) >= 11 is 0. The molecule has 4 rings (SSSR count). The second-order valence-electron chi connectivity index (χ2n) is 11.0. The van der Waals surface area contributed by atoms with Gasteiger partial charge in [0.25, 0.3) is 0 Å². The molecule has 0 saturated carbocycles. The van der Waals surface area contributed by atoms with Crippen molar-refractivity contribution in [1.82, 2.24) is 15.6 Å². The number of amides is 2. The third-order valence-electron chi connectivity index (χ3n) is 7.47. The molecule has 4 N–H and O–H groups in total. The Labute approximate surface area is 258 Å². The summed E-state index contributed by atoms with van der Waals surface area (Å²) in [7, 11) is 1.59. The summed E-state index contributed by atoms with van der Waals surface area (Å²) in [6, 6.07) is 23.0. The van der Waals surface area contributed by atoms with E-state index in [1.807, 2.05) is 36.4 Å². The summed E-state index contributed by atoms with van der Waals surface area (Å²) < 4.78 is 5.18. The molecule has 0 fully saturated rings. The van der Waals surface area contributed by atoms with Crippen LogP contribution in [0.2, 0.25) is 0 Å². The molecule has 2 amide bonds. The summed E-state index contributed by atoms with van der Waals surface area (Å²) in [6.45, 7) is 4.78. The Morgan fingerprint density at radius 3 is 2.36 bits per heavy atom. The SMILES string of the molecule is COc1ccnc(NCCCCC(=O)NCC(=O)NC(CC(=O)O)c2ccc(-c3ccc(C(C)C)c4ccccc34)cc2)c1. The summed E-state index contributed by atoms with van der Waals surface area (Å²) in [5, 5.41) is 20.5. The number of unbranched alkanes of at least 4 members (excludes halogenated alkanes) is 1. The van der Waals surface area contributed by atoms with Gasteiger partial charge in [0.05, 0.1) is 26.1 Å². The second kappa shape index (κ2) is 15.5. The van der Waals surface area contributed by atoms with E-state index in [0.29, 0.717) is 36.0 Å². The van der Waals surface area contributed by atoms with E-state index in [-0.39, 0.29) is 25.3 Å². The Kier molecular flexibility index (Phi) is 11.3. The van der Waals surface area contributed by atoms with Crippen molar-refractivity contribution in [3.05, 3.63) is 90.1 Å².